The van der Waals surface area contributed by atoms with E-state index in [2.05, 4.69) is 26.1 Å². The van der Waals surface area contributed by atoms with Crippen LogP contribution < -0.4 is 11.1 Å². The normalized spacial score (nSPS) is 25.9. The van der Waals surface area contributed by atoms with Gasteiger partial charge in [0.1, 0.15) is 0 Å². The molecule has 0 aliphatic heterocycles. The second-order valence-electron chi connectivity index (χ2n) is 7.33. The summed E-state index contributed by atoms with van der Waals surface area (Å²) in [4.78, 5) is 12.1. The molecule has 3 N–H and O–H groups in total. The standard InChI is InChI=1S/C16H32N2O/c1-12(17)6-5-11-18-15(19)13-7-9-14(10-8-13)16(2,3)4/h12-14H,5-11,17H2,1-4H3,(H,18,19). The average molecular weight is 268 g/mol. The first-order valence-electron chi connectivity index (χ1n) is 7.84. The van der Waals surface area contributed by atoms with Gasteiger partial charge in [-0.15, -0.1) is 0 Å². The van der Waals surface area contributed by atoms with Crippen LogP contribution in [-0.4, -0.2) is 18.5 Å². The Bertz CT molecular complexity index is 273. The van der Waals surface area contributed by atoms with Crippen LogP contribution in [0, 0.1) is 17.3 Å². The van der Waals surface area contributed by atoms with Crippen molar-refractivity contribution in [3.05, 3.63) is 0 Å². The largest absolute Gasteiger partial charge is 0.356 e. The molecule has 1 fully saturated rings. The van der Waals surface area contributed by atoms with E-state index < -0.39 is 0 Å². The van der Waals surface area contributed by atoms with Gasteiger partial charge < -0.3 is 11.1 Å². The van der Waals surface area contributed by atoms with Crippen LogP contribution in [0.25, 0.3) is 0 Å². The molecular formula is C16H32N2O. The zero-order chi connectivity index (χ0) is 14.5. The summed E-state index contributed by atoms with van der Waals surface area (Å²) in [7, 11) is 0. The van der Waals surface area contributed by atoms with Crippen LogP contribution in [0.4, 0.5) is 0 Å². The lowest BCUT2D eigenvalue weighted by molar-refractivity contribution is -0.126. The third-order valence-corrected chi connectivity index (χ3v) is 4.46. The lowest BCUT2D eigenvalue weighted by Gasteiger charge is -2.36. The fraction of sp³-hybridized carbons (Fsp3) is 0.938. The van der Waals surface area contributed by atoms with Crippen LogP contribution in [0.5, 0.6) is 0 Å². The van der Waals surface area contributed by atoms with Gasteiger partial charge in [0.2, 0.25) is 5.91 Å². The molecule has 0 aromatic heterocycles. The zero-order valence-electron chi connectivity index (χ0n) is 13.2. The Kier molecular flexibility index (Phi) is 6.31. The Morgan fingerprint density at radius 2 is 1.84 bits per heavy atom. The Morgan fingerprint density at radius 3 is 2.32 bits per heavy atom. The molecule has 0 bridgehead atoms. The Labute approximate surface area is 118 Å². The molecular weight excluding hydrogens is 236 g/mol. The first-order chi connectivity index (χ1) is 8.80. The molecule has 0 spiro atoms. The third-order valence-electron chi connectivity index (χ3n) is 4.46. The van der Waals surface area contributed by atoms with E-state index >= 15 is 0 Å². The highest BCUT2D eigenvalue weighted by molar-refractivity contribution is 5.78. The monoisotopic (exact) mass is 268 g/mol. The van der Waals surface area contributed by atoms with Crippen LogP contribution >= 0.6 is 0 Å². The maximum atomic E-state index is 12.1. The van der Waals surface area contributed by atoms with E-state index in [1.54, 1.807) is 0 Å². The molecule has 1 atom stereocenters. The number of amides is 1. The molecule has 0 radical (unpaired) electrons. The summed E-state index contributed by atoms with van der Waals surface area (Å²) in [6.45, 7) is 9.72. The summed E-state index contributed by atoms with van der Waals surface area (Å²) in [5, 5.41) is 3.07. The second-order valence-corrected chi connectivity index (χ2v) is 7.33. The van der Waals surface area contributed by atoms with Crippen molar-refractivity contribution in [2.45, 2.75) is 72.3 Å². The van der Waals surface area contributed by atoms with Gasteiger partial charge in [-0.3, -0.25) is 4.79 Å². The van der Waals surface area contributed by atoms with Crippen molar-refractivity contribution < 1.29 is 4.79 Å². The SMILES string of the molecule is CC(N)CCCNC(=O)C1CCC(C(C)(C)C)CC1. The van der Waals surface area contributed by atoms with E-state index in [1.807, 2.05) is 6.92 Å². The molecule has 1 unspecified atom stereocenters. The van der Waals surface area contributed by atoms with Crippen LogP contribution in [-0.2, 0) is 4.79 Å². The van der Waals surface area contributed by atoms with E-state index in [1.165, 1.54) is 12.8 Å². The van der Waals surface area contributed by atoms with Gasteiger partial charge in [0.25, 0.3) is 0 Å². The van der Waals surface area contributed by atoms with Crippen molar-refractivity contribution in [3.8, 4) is 0 Å². The van der Waals surface area contributed by atoms with Gasteiger partial charge in [0.15, 0.2) is 0 Å². The van der Waals surface area contributed by atoms with Gasteiger partial charge in [-0.25, -0.2) is 0 Å². The predicted molar refractivity (Wildman–Crippen MR) is 80.8 cm³/mol. The number of hydrogen-bond acceptors (Lipinski definition) is 2. The van der Waals surface area contributed by atoms with Gasteiger partial charge >= 0.3 is 0 Å². The fourth-order valence-electron chi connectivity index (χ4n) is 3.00. The first kappa shape index (κ1) is 16.5. The highest BCUT2D eigenvalue weighted by Crippen LogP contribution is 2.39. The number of carbonyl (C=O) groups excluding carboxylic acids is 1. The van der Waals surface area contributed by atoms with Gasteiger partial charge in [0.05, 0.1) is 0 Å². The summed E-state index contributed by atoms with van der Waals surface area (Å²) < 4.78 is 0. The average Bonchev–Trinajstić information content (AvgIpc) is 2.33. The van der Waals surface area contributed by atoms with Crippen LogP contribution in [0.1, 0.15) is 66.2 Å². The minimum absolute atomic E-state index is 0.235. The number of rotatable bonds is 5. The quantitative estimate of drug-likeness (QED) is 0.753. The Morgan fingerprint density at radius 1 is 1.26 bits per heavy atom. The van der Waals surface area contributed by atoms with Crippen molar-refractivity contribution in [1.29, 1.82) is 0 Å². The van der Waals surface area contributed by atoms with Gasteiger partial charge in [0, 0.05) is 18.5 Å². The predicted octanol–water partition coefficient (Wildman–Crippen LogP) is 3.08. The molecule has 0 aromatic rings. The lowest BCUT2D eigenvalue weighted by Crippen LogP contribution is -2.36. The Hall–Kier alpha value is -0.570. The summed E-state index contributed by atoms with van der Waals surface area (Å²) in [6, 6.07) is 0.235. The van der Waals surface area contributed by atoms with Gasteiger partial charge in [-0.05, 0) is 56.8 Å². The number of hydrogen-bond donors (Lipinski definition) is 2. The maximum Gasteiger partial charge on any atom is 0.223 e. The number of carbonyl (C=O) groups is 1. The highest BCUT2D eigenvalue weighted by Gasteiger charge is 2.32. The van der Waals surface area contributed by atoms with Crippen molar-refractivity contribution in [2.75, 3.05) is 6.54 Å². The van der Waals surface area contributed by atoms with Gasteiger partial charge in [-0.2, -0.15) is 0 Å². The molecule has 1 saturated carbocycles. The van der Waals surface area contributed by atoms with Gasteiger partial charge in [-0.1, -0.05) is 20.8 Å². The molecule has 1 aliphatic rings. The third kappa shape index (κ3) is 5.94. The molecule has 3 nitrogen and oxygen atoms in total. The molecule has 0 heterocycles. The summed E-state index contributed by atoms with van der Waals surface area (Å²) in [5.41, 5.74) is 6.08. The van der Waals surface area contributed by atoms with Crippen LogP contribution in [0.15, 0.2) is 0 Å². The van der Waals surface area contributed by atoms with E-state index in [4.69, 9.17) is 5.73 Å². The Balaban J connectivity index is 2.22. The molecule has 3 heteroatoms. The highest BCUT2D eigenvalue weighted by atomic mass is 16.1. The smallest absolute Gasteiger partial charge is 0.223 e. The minimum atomic E-state index is 0.235. The molecule has 1 rings (SSSR count). The molecule has 1 aliphatic carbocycles. The lowest BCUT2D eigenvalue weighted by atomic mass is 9.69. The fourth-order valence-corrected chi connectivity index (χ4v) is 3.00. The van der Waals surface area contributed by atoms with E-state index in [0.717, 1.165) is 38.1 Å². The maximum absolute atomic E-state index is 12.1. The van der Waals surface area contributed by atoms with Crippen LogP contribution in [0.3, 0.4) is 0 Å². The number of nitrogens with one attached hydrogen (secondary N) is 1. The molecule has 0 saturated heterocycles. The van der Waals surface area contributed by atoms with E-state index in [-0.39, 0.29) is 17.9 Å². The van der Waals surface area contributed by atoms with Crippen molar-refractivity contribution >= 4 is 5.91 Å². The minimum Gasteiger partial charge on any atom is -0.356 e. The molecule has 112 valence electrons. The van der Waals surface area contributed by atoms with Crippen LogP contribution in [0.2, 0.25) is 0 Å². The molecule has 0 aromatic carbocycles. The molecule has 19 heavy (non-hydrogen) atoms. The summed E-state index contributed by atoms with van der Waals surface area (Å²) >= 11 is 0. The van der Waals surface area contributed by atoms with Crippen molar-refractivity contribution in [2.24, 2.45) is 23.0 Å². The first-order valence-corrected chi connectivity index (χ1v) is 7.84. The van der Waals surface area contributed by atoms with Crippen molar-refractivity contribution in [1.82, 2.24) is 5.32 Å². The van der Waals surface area contributed by atoms with E-state index in [9.17, 15) is 4.79 Å². The second kappa shape index (κ2) is 7.28. The zero-order valence-corrected chi connectivity index (χ0v) is 13.2. The summed E-state index contributed by atoms with van der Waals surface area (Å²) in [5.74, 6) is 1.28. The van der Waals surface area contributed by atoms with Crippen molar-refractivity contribution in [3.63, 3.8) is 0 Å². The molecule has 1 amide bonds. The summed E-state index contributed by atoms with van der Waals surface area (Å²) in [6.07, 6.45) is 6.47. The van der Waals surface area contributed by atoms with E-state index in [0.29, 0.717) is 5.41 Å². The number of nitrogens with two attached hydrogens (primary N) is 1. The topological polar surface area (TPSA) is 55.1 Å².